The summed E-state index contributed by atoms with van der Waals surface area (Å²) in [5.41, 5.74) is 3.31. The Morgan fingerprint density at radius 2 is 2.21 bits per heavy atom. The highest BCUT2D eigenvalue weighted by molar-refractivity contribution is 9.10. The highest BCUT2D eigenvalue weighted by Gasteiger charge is 2.08. The SMILES string of the molecule is C=C(CNC)Cn1nc(C)c(Br)c1C. The van der Waals surface area contributed by atoms with Crippen LogP contribution in [0.15, 0.2) is 16.6 Å². The first-order valence-electron chi connectivity index (χ1n) is 4.57. The number of likely N-dealkylation sites (N-methyl/N-ethyl adjacent to an activating group) is 1. The Morgan fingerprint density at radius 1 is 1.57 bits per heavy atom. The maximum absolute atomic E-state index is 4.41. The lowest BCUT2D eigenvalue weighted by molar-refractivity contribution is 0.633. The molecule has 0 aliphatic heterocycles. The molecule has 4 heteroatoms. The standard InChI is InChI=1S/C10H16BrN3/c1-7(5-12-4)6-14-9(3)10(11)8(2)13-14/h12H,1,5-6H2,2-4H3. The number of aryl methyl sites for hydroxylation is 1. The number of hydrogen-bond acceptors (Lipinski definition) is 2. The molecule has 0 spiro atoms. The van der Waals surface area contributed by atoms with Crippen LogP contribution in [0, 0.1) is 13.8 Å². The fourth-order valence-corrected chi connectivity index (χ4v) is 1.63. The van der Waals surface area contributed by atoms with Gasteiger partial charge in [-0.1, -0.05) is 6.58 Å². The van der Waals surface area contributed by atoms with Crippen LogP contribution in [0.3, 0.4) is 0 Å². The maximum atomic E-state index is 4.41. The van der Waals surface area contributed by atoms with Crippen molar-refractivity contribution in [3.63, 3.8) is 0 Å². The molecule has 0 aliphatic carbocycles. The number of nitrogens with one attached hydrogen (secondary N) is 1. The van der Waals surface area contributed by atoms with Gasteiger partial charge in [0.25, 0.3) is 0 Å². The van der Waals surface area contributed by atoms with E-state index in [-0.39, 0.29) is 0 Å². The molecule has 0 radical (unpaired) electrons. The van der Waals surface area contributed by atoms with E-state index in [2.05, 4.69) is 39.8 Å². The van der Waals surface area contributed by atoms with E-state index < -0.39 is 0 Å². The van der Waals surface area contributed by atoms with Crippen LogP contribution in [-0.2, 0) is 6.54 Å². The Morgan fingerprint density at radius 3 is 2.64 bits per heavy atom. The fourth-order valence-electron chi connectivity index (χ4n) is 1.35. The van der Waals surface area contributed by atoms with E-state index in [1.165, 1.54) is 0 Å². The van der Waals surface area contributed by atoms with Gasteiger partial charge in [-0.3, -0.25) is 4.68 Å². The molecule has 78 valence electrons. The monoisotopic (exact) mass is 257 g/mol. The molecule has 1 aromatic rings. The summed E-state index contributed by atoms with van der Waals surface area (Å²) in [4.78, 5) is 0. The summed E-state index contributed by atoms with van der Waals surface area (Å²) in [7, 11) is 1.92. The van der Waals surface area contributed by atoms with E-state index in [4.69, 9.17) is 0 Å². The van der Waals surface area contributed by atoms with E-state index >= 15 is 0 Å². The molecule has 0 bridgehead atoms. The van der Waals surface area contributed by atoms with Gasteiger partial charge < -0.3 is 5.32 Å². The minimum Gasteiger partial charge on any atom is -0.316 e. The zero-order valence-electron chi connectivity index (χ0n) is 8.89. The van der Waals surface area contributed by atoms with Crippen LogP contribution in [0.1, 0.15) is 11.4 Å². The molecular weight excluding hydrogens is 242 g/mol. The number of halogens is 1. The predicted molar refractivity (Wildman–Crippen MR) is 62.5 cm³/mol. The van der Waals surface area contributed by atoms with Crippen LogP contribution >= 0.6 is 15.9 Å². The molecule has 0 fully saturated rings. The molecule has 0 atom stereocenters. The van der Waals surface area contributed by atoms with Crippen molar-refractivity contribution in [1.29, 1.82) is 0 Å². The van der Waals surface area contributed by atoms with Crippen molar-refractivity contribution in [2.75, 3.05) is 13.6 Å². The van der Waals surface area contributed by atoms with Gasteiger partial charge in [-0.25, -0.2) is 0 Å². The second-order valence-electron chi connectivity index (χ2n) is 3.42. The minimum atomic E-state index is 0.777. The molecule has 3 nitrogen and oxygen atoms in total. The minimum absolute atomic E-state index is 0.777. The topological polar surface area (TPSA) is 29.9 Å². The normalized spacial score (nSPS) is 10.6. The Kier molecular flexibility index (Phi) is 3.89. The molecule has 0 aromatic carbocycles. The molecule has 14 heavy (non-hydrogen) atoms. The quantitative estimate of drug-likeness (QED) is 0.837. The molecule has 1 heterocycles. The van der Waals surface area contributed by atoms with Crippen LogP contribution < -0.4 is 5.32 Å². The fraction of sp³-hybridized carbons (Fsp3) is 0.500. The van der Waals surface area contributed by atoms with E-state index in [1.807, 2.05) is 18.7 Å². The first-order chi connectivity index (χ1) is 6.56. The van der Waals surface area contributed by atoms with E-state index in [0.717, 1.165) is 34.5 Å². The van der Waals surface area contributed by atoms with Crippen molar-refractivity contribution in [1.82, 2.24) is 15.1 Å². The third-order valence-electron chi connectivity index (χ3n) is 2.09. The van der Waals surface area contributed by atoms with Gasteiger partial charge in [0.2, 0.25) is 0 Å². The number of hydrogen-bond donors (Lipinski definition) is 1. The molecule has 1 aromatic heterocycles. The largest absolute Gasteiger partial charge is 0.316 e. The highest BCUT2D eigenvalue weighted by Crippen LogP contribution is 2.20. The third kappa shape index (κ3) is 2.45. The lowest BCUT2D eigenvalue weighted by Gasteiger charge is -2.06. The summed E-state index contributed by atoms with van der Waals surface area (Å²) in [6.07, 6.45) is 0. The highest BCUT2D eigenvalue weighted by atomic mass is 79.9. The van der Waals surface area contributed by atoms with Gasteiger partial charge in [0.1, 0.15) is 0 Å². The van der Waals surface area contributed by atoms with Crippen LogP contribution in [0.2, 0.25) is 0 Å². The molecular formula is C10H16BrN3. The summed E-state index contributed by atoms with van der Waals surface area (Å²) in [6, 6.07) is 0. The first kappa shape index (κ1) is 11.5. The maximum Gasteiger partial charge on any atom is 0.0738 e. The number of nitrogens with zero attached hydrogens (tertiary/aromatic N) is 2. The van der Waals surface area contributed by atoms with Crippen molar-refractivity contribution >= 4 is 15.9 Å². The molecule has 1 rings (SSSR count). The van der Waals surface area contributed by atoms with Gasteiger partial charge in [0, 0.05) is 6.54 Å². The van der Waals surface area contributed by atoms with Crippen molar-refractivity contribution in [3.05, 3.63) is 28.0 Å². The molecule has 0 aliphatic rings. The van der Waals surface area contributed by atoms with E-state index in [0.29, 0.717) is 0 Å². The van der Waals surface area contributed by atoms with Gasteiger partial charge in [0.05, 0.1) is 22.4 Å². The smallest absolute Gasteiger partial charge is 0.0738 e. The van der Waals surface area contributed by atoms with Gasteiger partial charge in [0.15, 0.2) is 0 Å². The molecule has 0 amide bonds. The van der Waals surface area contributed by atoms with Crippen LogP contribution in [0.25, 0.3) is 0 Å². The summed E-state index contributed by atoms with van der Waals surface area (Å²) < 4.78 is 3.06. The number of aromatic nitrogens is 2. The first-order valence-corrected chi connectivity index (χ1v) is 5.36. The van der Waals surface area contributed by atoms with Crippen molar-refractivity contribution in [2.45, 2.75) is 20.4 Å². The van der Waals surface area contributed by atoms with Crippen LogP contribution in [0.4, 0.5) is 0 Å². The van der Waals surface area contributed by atoms with Gasteiger partial charge >= 0.3 is 0 Å². The van der Waals surface area contributed by atoms with Crippen LogP contribution in [0.5, 0.6) is 0 Å². The molecule has 0 saturated heterocycles. The average molecular weight is 258 g/mol. The average Bonchev–Trinajstić information content (AvgIpc) is 2.34. The Bertz CT molecular complexity index is 341. The Labute approximate surface area is 93.3 Å². The third-order valence-corrected chi connectivity index (χ3v) is 3.24. The second-order valence-corrected chi connectivity index (χ2v) is 4.22. The summed E-state index contributed by atoms with van der Waals surface area (Å²) in [6.45, 7) is 9.63. The van der Waals surface area contributed by atoms with Gasteiger partial charge in [-0.15, -0.1) is 0 Å². The summed E-state index contributed by atoms with van der Waals surface area (Å²) >= 11 is 3.50. The van der Waals surface area contributed by atoms with Crippen molar-refractivity contribution < 1.29 is 0 Å². The number of rotatable bonds is 4. The van der Waals surface area contributed by atoms with Gasteiger partial charge in [-0.2, -0.15) is 5.10 Å². The zero-order valence-corrected chi connectivity index (χ0v) is 10.5. The predicted octanol–water partition coefficient (Wildman–Crippen LogP) is 2.04. The Balaban J connectivity index is 2.77. The second kappa shape index (κ2) is 4.75. The van der Waals surface area contributed by atoms with E-state index in [1.54, 1.807) is 0 Å². The summed E-state index contributed by atoms with van der Waals surface area (Å²) in [5, 5.41) is 7.49. The van der Waals surface area contributed by atoms with Crippen molar-refractivity contribution in [3.8, 4) is 0 Å². The summed E-state index contributed by atoms with van der Waals surface area (Å²) in [5.74, 6) is 0. The van der Waals surface area contributed by atoms with E-state index in [9.17, 15) is 0 Å². The Hall–Kier alpha value is -0.610. The molecule has 0 saturated carbocycles. The molecule has 1 N–H and O–H groups in total. The van der Waals surface area contributed by atoms with Crippen molar-refractivity contribution in [2.24, 2.45) is 0 Å². The lowest BCUT2D eigenvalue weighted by atomic mass is 10.3. The lowest BCUT2D eigenvalue weighted by Crippen LogP contribution is -2.15. The molecule has 0 unspecified atom stereocenters. The van der Waals surface area contributed by atoms with Gasteiger partial charge in [-0.05, 0) is 42.4 Å². The van der Waals surface area contributed by atoms with Crippen LogP contribution in [-0.4, -0.2) is 23.4 Å². The zero-order chi connectivity index (χ0) is 10.7.